The molecule has 1 aliphatic heterocycles. The first-order valence-corrected chi connectivity index (χ1v) is 5.25. The number of carbonyl (C=O) groups excluding carboxylic acids is 1. The van der Waals surface area contributed by atoms with Crippen molar-refractivity contribution < 1.29 is 9.18 Å². The molecule has 0 radical (unpaired) electrons. The van der Waals surface area contributed by atoms with Crippen molar-refractivity contribution in [2.75, 3.05) is 5.75 Å². The molecule has 0 fully saturated rings. The average Bonchev–Trinajstić information content (AvgIpc) is 2.71. The van der Waals surface area contributed by atoms with Crippen LogP contribution in [-0.2, 0) is 0 Å². The quantitative estimate of drug-likeness (QED) is 0.698. The molecule has 0 bridgehead atoms. The minimum Gasteiger partial charge on any atom is -0.292 e. The van der Waals surface area contributed by atoms with Crippen LogP contribution in [-0.4, -0.2) is 23.1 Å². The van der Waals surface area contributed by atoms with Crippen LogP contribution in [0.2, 0.25) is 0 Å². The first kappa shape index (κ1) is 9.40. The molecule has 0 aromatic heterocycles. The van der Waals surface area contributed by atoms with E-state index in [-0.39, 0.29) is 17.6 Å². The number of hydrogen-bond donors (Lipinski definition) is 0. The van der Waals surface area contributed by atoms with Crippen LogP contribution in [0.3, 0.4) is 0 Å². The van der Waals surface area contributed by atoms with E-state index in [0.29, 0.717) is 11.3 Å². The molecule has 14 heavy (non-hydrogen) atoms. The highest BCUT2D eigenvalue weighted by Crippen LogP contribution is 2.16. The van der Waals surface area contributed by atoms with Crippen LogP contribution in [0.5, 0.6) is 0 Å². The lowest BCUT2D eigenvalue weighted by Gasteiger charge is -2.04. The van der Waals surface area contributed by atoms with Crippen LogP contribution < -0.4 is 0 Å². The Kier molecular flexibility index (Phi) is 2.63. The molecular weight excluding hydrogens is 201 g/mol. The summed E-state index contributed by atoms with van der Waals surface area (Å²) in [6, 6.07) is 5.29. The predicted molar refractivity (Wildman–Crippen MR) is 55.5 cm³/mol. The van der Waals surface area contributed by atoms with Crippen molar-refractivity contribution in [1.29, 1.82) is 0 Å². The van der Waals surface area contributed by atoms with Gasteiger partial charge < -0.3 is 0 Å². The Morgan fingerprint density at radius 1 is 1.43 bits per heavy atom. The van der Waals surface area contributed by atoms with Crippen LogP contribution in [0, 0.1) is 5.82 Å². The molecule has 1 aromatic rings. The largest absolute Gasteiger partial charge is 0.292 e. The maximum absolute atomic E-state index is 12.6. The zero-order valence-corrected chi connectivity index (χ0v) is 8.13. The first-order valence-electron chi connectivity index (χ1n) is 4.20. The third kappa shape index (κ3) is 1.85. The number of nitrogens with zero attached hydrogens (tertiary/aromatic N) is 1. The molecule has 0 N–H and O–H groups in total. The van der Waals surface area contributed by atoms with Crippen molar-refractivity contribution >= 4 is 23.1 Å². The van der Waals surface area contributed by atoms with Gasteiger partial charge in [0.15, 0.2) is 5.78 Å². The van der Waals surface area contributed by atoms with E-state index in [9.17, 15) is 9.18 Å². The molecule has 2 rings (SSSR count). The van der Waals surface area contributed by atoms with Gasteiger partial charge in [0, 0.05) is 11.3 Å². The van der Waals surface area contributed by atoms with Gasteiger partial charge in [-0.2, -0.15) is 0 Å². The molecule has 1 atom stereocenters. The highest BCUT2D eigenvalue weighted by atomic mass is 32.2. The minimum absolute atomic E-state index is 0.0359. The van der Waals surface area contributed by atoms with Crippen LogP contribution >= 0.6 is 11.8 Å². The van der Waals surface area contributed by atoms with Gasteiger partial charge in [0.05, 0.1) is 5.55 Å². The molecule has 0 saturated carbocycles. The van der Waals surface area contributed by atoms with Crippen LogP contribution in [0.25, 0.3) is 0 Å². The fraction of sp³-hybridized carbons (Fsp3) is 0.200. The normalized spacial score (nSPS) is 19.9. The average molecular weight is 209 g/mol. The predicted octanol–water partition coefficient (Wildman–Crippen LogP) is 2.15. The lowest BCUT2D eigenvalue weighted by molar-refractivity contribution is 0.0972. The van der Waals surface area contributed by atoms with E-state index >= 15 is 0 Å². The van der Waals surface area contributed by atoms with Crippen molar-refractivity contribution in [3.8, 4) is 0 Å². The Morgan fingerprint density at radius 2 is 2.14 bits per heavy atom. The summed E-state index contributed by atoms with van der Waals surface area (Å²) in [7, 11) is 0. The van der Waals surface area contributed by atoms with Gasteiger partial charge in [-0.1, -0.05) is 0 Å². The van der Waals surface area contributed by atoms with E-state index in [0.717, 1.165) is 0 Å². The van der Waals surface area contributed by atoms with Gasteiger partial charge in [-0.25, -0.2) is 4.39 Å². The summed E-state index contributed by atoms with van der Waals surface area (Å²) in [4.78, 5) is 15.7. The number of Topliss-reactive ketones (excluding diaryl/α,β-unsaturated/α-hetero) is 1. The number of benzene rings is 1. The second-order valence-electron chi connectivity index (χ2n) is 2.97. The molecule has 2 nitrogen and oxygen atoms in total. The van der Waals surface area contributed by atoms with Gasteiger partial charge in [-0.05, 0) is 24.3 Å². The van der Waals surface area contributed by atoms with E-state index in [1.54, 1.807) is 5.55 Å². The van der Waals surface area contributed by atoms with E-state index in [2.05, 4.69) is 4.99 Å². The van der Waals surface area contributed by atoms with Gasteiger partial charge in [0.25, 0.3) is 0 Å². The summed E-state index contributed by atoms with van der Waals surface area (Å²) in [5, 5.41) is 0. The van der Waals surface area contributed by atoms with Crippen molar-refractivity contribution in [3.63, 3.8) is 0 Å². The molecule has 0 amide bonds. The maximum Gasteiger partial charge on any atom is 0.188 e. The summed E-state index contributed by atoms with van der Waals surface area (Å²) in [5.74, 6) is 0.327. The Labute approximate surface area is 85.2 Å². The Bertz CT molecular complexity index is 374. The van der Waals surface area contributed by atoms with E-state index in [1.807, 2.05) is 0 Å². The lowest BCUT2D eigenvalue weighted by atomic mass is 10.1. The number of thioether (sulfide) groups is 1. The number of rotatable bonds is 2. The third-order valence-electron chi connectivity index (χ3n) is 2.00. The Morgan fingerprint density at radius 3 is 2.71 bits per heavy atom. The molecule has 1 aliphatic rings. The third-order valence-corrected chi connectivity index (χ3v) is 2.78. The SMILES string of the molecule is O=C(c1ccc(F)cc1)C1CSC=N1. The summed E-state index contributed by atoms with van der Waals surface area (Å²) in [6.45, 7) is 0. The summed E-state index contributed by atoms with van der Waals surface area (Å²) in [6.07, 6.45) is 0. The molecule has 72 valence electrons. The van der Waals surface area contributed by atoms with Gasteiger partial charge in [-0.15, -0.1) is 11.8 Å². The zero-order valence-electron chi connectivity index (χ0n) is 7.31. The van der Waals surface area contributed by atoms with E-state index in [1.165, 1.54) is 36.0 Å². The monoisotopic (exact) mass is 209 g/mol. The number of aliphatic imine (C=N–C) groups is 1. The number of halogens is 1. The molecule has 4 heteroatoms. The number of carbonyl (C=O) groups is 1. The number of ketones is 1. The fourth-order valence-electron chi connectivity index (χ4n) is 1.24. The standard InChI is InChI=1S/C10H8FNOS/c11-8-3-1-7(2-4-8)10(13)9-5-14-6-12-9/h1-4,6,9H,5H2. The van der Waals surface area contributed by atoms with Gasteiger partial charge in [-0.3, -0.25) is 9.79 Å². The molecule has 0 saturated heterocycles. The lowest BCUT2D eigenvalue weighted by Crippen LogP contribution is -2.18. The molecule has 0 spiro atoms. The highest BCUT2D eigenvalue weighted by Gasteiger charge is 2.21. The topological polar surface area (TPSA) is 29.4 Å². The smallest absolute Gasteiger partial charge is 0.188 e. The van der Waals surface area contributed by atoms with Crippen LogP contribution in [0.15, 0.2) is 29.3 Å². The second-order valence-corrected chi connectivity index (χ2v) is 3.85. The highest BCUT2D eigenvalue weighted by molar-refractivity contribution is 8.12. The second kappa shape index (κ2) is 3.92. The van der Waals surface area contributed by atoms with Crippen molar-refractivity contribution in [2.45, 2.75) is 6.04 Å². The van der Waals surface area contributed by atoms with Crippen molar-refractivity contribution in [3.05, 3.63) is 35.6 Å². The van der Waals surface area contributed by atoms with Gasteiger partial charge in [0.2, 0.25) is 0 Å². The van der Waals surface area contributed by atoms with E-state index < -0.39 is 0 Å². The maximum atomic E-state index is 12.6. The molecule has 0 aliphatic carbocycles. The van der Waals surface area contributed by atoms with Crippen molar-refractivity contribution in [1.82, 2.24) is 0 Å². The molecule has 1 unspecified atom stereocenters. The van der Waals surface area contributed by atoms with Crippen LogP contribution in [0.4, 0.5) is 4.39 Å². The summed E-state index contributed by atoms with van der Waals surface area (Å²) in [5.41, 5.74) is 2.21. The molecular formula is C10H8FNOS. The fourth-order valence-corrected chi connectivity index (χ4v) is 1.98. The zero-order chi connectivity index (χ0) is 9.97. The Hall–Kier alpha value is -1.16. The first-order chi connectivity index (χ1) is 6.77. The van der Waals surface area contributed by atoms with E-state index in [4.69, 9.17) is 0 Å². The van der Waals surface area contributed by atoms with Crippen LogP contribution in [0.1, 0.15) is 10.4 Å². The van der Waals surface area contributed by atoms with Gasteiger partial charge >= 0.3 is 0 Å². The molecule has 1 aromatic carbocycles. The molecule has 1 heterocycles. The minimum atomic E-state index is -0.328. The summed E-state index contributed by atoms with van der Waals surface area (Å²) >= 11 is 1.52. The summed E-state index contributed by atoms with van der Waals surface area (Å²) < 4.78 is 12.6. The number of hydrogen-bond acceptors (Lipinski definition) is 3. The van der Waals surface area contributed by atoms with Gasteiger partial charge in [0.1, 0.15) is 11.9 Å². The Balaban J connectivity index is 2.18. The van der Waals surface area contributed by atoms with Crippen molar-refractivity contribution in [2.24, 2.45) is 4.99 Å².